The summed E-state index contributed by atoms with van der Waals surface area (Å²) in [5.74, 6) is 0.343. The average molecular weight is 492 g/mol. The van der Waals surface area contributed by atoms with E-state index in [0.717, 1.165) is 35.2 Å². The van der Waals surface area contributed by atoms with E-state index in [2.05, 4.69) is 32.6 Å². The summed E-state index contributed by atoms with van der Waals surface area (Å²) in [6, 6.07) is 19.4. The van der Waals surface area contributed by atoms with Crippen LogP contribution in [0.2, 0.25) is 0 Å². The molecule has 1 N–H and O–H groups in total. The molecule has 184 valence electrons. The first-order valence-corrected chi connectivity index (χ1v) is 12.3. The largest absolute Gasteiger partial charge is 0.348 e. The molecule has 6 rings (SSSR count). The lowest BCUT2D eigenvalue weighted by molar-refractivity contribution is -0.122. The molecule has 0 aliphatic heterocycles. The zero-order valence-electron chi connectivity index (χ0n) is 20.6. The van der Waals surface area contributed by atoms with Gasteiger partial charge in [-0.15, -0.1) is 0 Å². The van der Waals surface area contributed by atoms with Gasteiger partial charge in [0.2, 0.25) is 17.2 Å². The van der Waals surface area contributed by atoms with Crippen LogP contribution in [0, 0.1) is 13.8 Å². The zero-order valence-corrected chi connectivity index (χ0v) is 20.6. The van der Waals surface area contributed by atoms with Crippen molar-refractivity contribution in [2.24, 2.45) is 0 Å². The summed E-state index contributed by atoms with van der Waals surface area (Å²) in [5, 5.41) is 7.65. The highest BCUT2D eigenvalue weighted by Gasteiger charge is 2.24. The van der Waals surface area contributed by atoms with E-state index in [1.165, 1.54) is 5.56 Å². The first kappa shape index (κ1) is 22.8. The van der Waals surface area contributed by atoms with E-state index in [4.69, 9.17) is 4.52 Å². The lowest BCUT2D eigenvalue weighted by atomic mass is 10.1. The summed E-state index contributed by atoms with van der Waals surface area (Å²) in [6.45, 7) is 3.81. The highest BCUT2D eigenvalue weighted by Crippen LogP contribution is 2.31. The normalized spacial score (nSPS) is 14.6. The first-order valence-electron chi connectivity index (χ1n) is 12.3. The zero-order chi connectivity index (χ0) is 25.5. The smallest absolute Gasteiger partial charge is 0.263 e. The van der Waals surface area contributed by atoms with Crippen LogP contribution in [0.3, 0.4) is 0 Å². The van der Waals surface area contributed by atoms with Crippen molar-refractivity contribution in [1.82, 2.24) is 25.0 Å². The first-order chi connectivity index (χ1) is 18.0. The fourth-order valence-corrected chi connectivity index (χ4v) is 5.00. The van der Waals surface area contributed by atoms with Crippen molar-refractivity contribution in [3.63, 3.8) is 0 Å². The molecule has 2 aromatic carbocycles. The monoisotopic (exact) mass is 491 g/mol. The lowest BCUT2D eigenvalue weighted by Gasteiger charge is -2.16. The molecule has 37 heavy (non-hydrogen) atoms. The third kappa shape index (κ3) is 4.20. The molecule has 0 fully saturated rings. The third-order valence-electron chi connectivity index (χ3n) is 6.89. The SMILES string of the molecule is Cc1ccc2c(=O)c(-c3nc(-c4ccccc4C)no3)cn(CC(=O)N[C@@H]3CCc4ccccc43)c2n1. The van der Waals surface area contributed by atoms with Gasteiger partial charge in [-0.1, -0.05) is 53.7 Å². The summed E-state index contributed by atoms with van der Waals surface area (Å²) in [5.41, 5.74) is 5.38. The van der Waals surface area contributed by atoms with Crippen molar-refractivity contribution < 1.29 is 9.32 Å². The molecule has 3 aromatic heterocycles. The lowest BCUT2D eigenvalue weighted by Crippen LogP contribution is -2.31. The molecule has 3 heterocycles. The Morgan fingerprint density at radius 1 is 1.03 bits per heavy atom. The topological polar surface area (TPSA) is 103 Å². The van der Waals surface area contributed by atoms with Gasteiger partial charge in [0.05, 0.1) is 11.4 Å². The number of aromatic nitrogens is 4. The van der Waals surface area contributed by atoms with Gasteiger partial charge in [0.25, 0.3) is 5.89 Å². The van der Waals surface area contributed by atoms with E-state index in [9.17, 15) is 9.59 Å². The molecule has 1 aliphatic carbocycles. The number of benzene rings is 2. The quantitative estimate of drug-likeness (QED) is 0.387. The molecule has 8 nitrogen and oxygen atoms in total. The number of nitrogens with one attached hydrogen (secondary N) is 1. The Bertz CT molecular complexity index is 1720. The van der Waals surface area contributed by atoms with Crippen LogP contribution in [-0.4, -0.2) is 25.6 Å². The van der Waals surface area contributed by atoms with Crippen LogP contribution in [0.25, 0.3) is 33.9 Å². The number of hydrogen-bond acceptors (Lipinski definition) is 6. The number of carbonyl (C=O) groups excluding carboxylic acids is 1. The number of hydrogen-bond donors (Lipinski definition) is 1. The number of carbonyl (C=O) groups is 1. The summed E-state index contributed by atoms with van der Waals surface area (Å²) in [7, 11) is 0. The van der Waals surface area contributed by atoms with E-state index in [-0.39, 0.29) is 35.4 Å². The second-order valence-electron chi connectivity index (χ2n) is 9.42. The number of nitrogens with zero attached hydrogens (tertiary/aromatic N) is 4. The van der Waals surface area contributed by atoms with Gasteiger partial charge in [-0.25, -0.2) is 4.98 Å². The Kier molecular flexibility index (Phi) is 5.64. The third-order valence-corrected chi connectivity index (χ3v) is 6.89. The van der Waals surface area contributed by atoms with Crippen molar-refractivity contribution in [3.8, 4) is 22.8 Å². The van der Waals surface area contributed by atoms with Crippen molar-refractivity contribution in [2.75, 3.05) is 0 Å². The number of fused-ring (bicyclic) bond motifs is 2. The molecule has 0 radical (unpaired) electrons. The van der Waals surface area contributed by atoms with Gasteiger partial charge in [-0.05, 0) is 55.5 Å². The van der Waals surface area contributed by atoms with Gasteiger partial charge in [0.15, 0.2) is 0 Å². The second-order valence-corrected chi connectivity index (χ2v) is 9.42. The molecule has 1 atom stereocenters. The summed E-state index contributed by atoms with van der Waals surface area (Å²) >= 11 is 0. The van der Waals surface area contributed by atoms with Crippen molar-refractivity contribution in [1.29, 1.82) is 0 Å². The molecule has 0 saturated heterocycles. The van der Waals surface area contributed by atoms with E-state index >= 15 is 0 Å². The van der Waals surface area contributed by atoms with Crippen LogP contribution in [-0.2, 0) is 17.8 Å². The minimum absolute atomic E-state index is 0.00229. The average Bonchev–Trinajstić information content (AvgIpc) is 3.54. The predicted molar refractivity (Wildman–Crippen MR) is 140 cm³/mol. The Labute approximate surface area is 213 Å². The minimum atomic E-state index is -0.274. The maximum atomic E-state index is 13.4. The summed E-state index contributed by atoms with van der Waals surface area (Å²) < 4.78 is 7.21. The summed E-state index contributed by atoms with van der Waals surface area (Å²) in [6.07, 6.45) is 3.39. The fourth-order valence-electron chi connectivity index (χ4n) is 5.00. The Morgan fingerprint density at radius 3 is 2.70 bits per heavy atom. The number of pyridine rings is 2. The van der Waals surface area contributed by atoms with Gasteiger partial charge >= 0.3 is 0 Å². The molecule has 0 unspecified atom stereocenters. The van der Waals surface area contributed by atoms with Crippen LogP contribution in [0.4, 0.5) is 0 Å². The minimum Gasteiger partial charge on any atom is -0.348 e. The molecule has 0 saturated carbocycles. The number of amides is 1. The van der Waals surface area contributed by atoms with Crippen LogP contribution in [0.15, 0.2) is 76.2 Å². The van der Waals surface area contributed by atoms with Gasteiger partial charge in [0, 0.05) is 17.5 Å². The van der Waals surface area contributed by atoms with Crippen LogP contribution < -0.4 is 10.7 Å². The molecule has 1 aliphatic rings. The maximum Gasteiger partial charge on any atom is 0.263 e. The van der Waals surface area contributed by atoms with E-state index in [0.29, 0.717) is 16.9 Å². The van der Waals surface area contributed by atoms with Crippen molar-refractivity contribution >= 4 is 16.9 Å². The molecule has 8 heteroatoms. The second kappa shape index (κ2) is 9.13. The van der Waals surface area contributed by atoms with Gasteiger partial charge < -0.3 is 14.4 Å². The number of aryl methyl sites for hydroxylation is 3. The highest BCUT2D eigenvalue weighted by molar-refractivity contribution is 5.83. The van der Waals surface area contributed by atoms with Gasteiger partial charge in [-0.2, -0.15) is 4.98 Å². The fraction of sp³-hybridized carbons (Fsp3) is 0.207. The van der Waals surface area contributed by atoms with Crippen molar-refractivity contribution in [3.05, 3.63) is 99.5 Å². The van der Waals surface area contributed by atoms with E-state index in [1.54, 1.807) is 22.9 Å². The van der Waals surface area contributed by atoms with E-state index in [1.807, 2.05) is 50.2 Å². The molecular weight excluding hydrogens is 466 g/mol. The Hall–Kier alpha value is -4.59. The van der Waals surface area contributed by atoms with Gasteiger partial charge in [-0.3, -0.25) is 9.59 Å². The highest BCUT2D eigenvalue weighted by atomic mass is 16.5. The van der Waals surface area contributed by atoms with Crippen LogP contribution >= 0.6 is 0 Å². The standard InChI is InChI=1S/C29H25N5O3/c1-17-7-3-5-9-20(17)27-32-29(37-33-27)23-15-34(28-22(26(23)36)13-11-18(2)30-28)16-25(35)31-24-14-12-19-8-4-6-10-21(19)24/h3-11,13,15,24H,12,14,16H2,1-2H3,(H,31,35)/t24-/m1/s1. The molecule has 1 amide bonds. The van der Waals surface area contributed by atoms with E-state index < -0.39 is 0 Å². The Morgan fingerprint density at radius 2 is 1.84 bits per heavy atom. The number of rotatable bonds is 5. The molecular formula is C29H25N5O3. The Balaban J connectivity index is 1.37. The molecule has 0 bridgehead atoms. The van der Waals surface area contributed by atoms with Crippen LogP contribution in [0.5, 0.6) is 0 Å². The van der Waals surface area contributed by atoms with Crippen LogP contribution in [0.1, 0.15) is 34.8 Å². The maximum absolute atomic E-state index is 13.4. The van der Waals surface area contributed by atoms with Crippen molar-refractivity contribution in [2.45, 2.75) is 39.3 Å². The molecule has 5 aromatic rings. The summed E-state index contributed by atoms with van der Waals surface area (Å²) in [4.78, 5) is 35.7. The van der Waals surface area contributed by atoms with Gasteiger partial charge in [0.1, 0.15) is 17.8 Å². The molecule has 0 spiro atoms. The predicted octanol–water partition coefficient (Wildman–Crippen LogP) is 4.53.